The average molecular weight is 285 g/mol. The van der Waals surface area contributed by atoms with E-state index in [0.717, 1.165) is 18.8 Å². The van der Waals surface area contributed by atoms with Crippen molar-refractivity contribution in [1.29, 1.82) is 0 Å². The van der Waals surface area contributed by atoms with Crippen LogP contribution in [0.4, 0.5) is 5.82 Å². The molecule has 0 saturated carbocycles. The summed E-state index contributed by atoms with van der Waals surface area (Å²) in [7, 11) is 0. The zero-order valence-corrected chi connectivity index (χ0v) is 12.3. The normalized spacial score (nSPS) is 17.0. The highest BCUT2D eigenvalue weighted by Crippen LogP contribution is 2.31. The predicted octanol–water partition coefficient (Wildman–Crippen LogP) is 2.77. The number of nitrogens with one attached hydrogen (secondary N) is 1. The van der Waals surface area contributed by atoms with Gasteiger partial charge in [0, 0.05) is 6.54 Å². The van der Waals surface area contributed by atoms with Crippen LogP contribution in [0.2, 0.25) is 0 Å². The van der Waals surface area contributed by atoms with Gasteiger partial charge in [-0.15, -0.1) is 0 Å². The Morgan fingerprint density at radius 1 is 1.52 bits per heavy atom. The van der Waals surface area contributed by atoms with Crippen molar-refractivity contribution in [3.8, 4) is 0 Å². The molecular formula is C16H19N3O2. The van der Waals surface area contributed by atoms with Gasteiger partial charge in [0.15, 0.2) is 0 Å². The number of carbonyl (C=O) groups is 1. The van der Waals surface area contributed by atoms with Gasteiger partial charge >= 0.3 is 5.97 Å². The first-order chi connectivity index (χ1) is 10.2. The van der Waals surface area contributed by atoms with Gasteiger partial charge in [-0.05, 0) is 25.8 Å². The molecule has 1 aromatic carbocycles. The van der Waals surface area contributed by atoms with Crippen molar-refractivity contribution >= 4 is 11.8 Å². The second-order valence-corrected chi connectivity index (χ2v) is 5.22. The Kier molecular flexibility index (Phi) is 3.64. The standard InChI is InChI=1S/C16H19N3O2/c1-3-21-16(20)13-10-18-19-14(7-8-17-15(13)19)12-6-4-5-11(2)9-12/h4-6,9-10,14,17H,3,7-8H2,1-2H3. The lowest BCUT2D eigenvalue weighted by Crippen LogP contribution is -2.25. The molecule has 0 bridgehead atoms. The molecule has 3 rings (SSSR count). The second kappa shape index (κ2) is 5.60. The zero-order valence-electron chi connectivity index (χ0n) is 12.3. The lowest BCUT2D eigenvalue weighted by molar-refractivity contribution is 0.0527. The SMILES string of the molecule is CCOC(=O)c1cnn2c1NCCC2c1cccc(C)c1. The van der Waals surface area contributed by atoms with E-state index < -0.39 is 0 Å². The molecule has 0 saturated heterocycles. The summed E-state index contributed by atoms with van der Waals surface area (Å²) in [6.07, 6.45) is 2.54. The third-order valence-electron chi connectivity index (χ3n) is 3.72. The first-order valence-corrected chi connectivity index (χ1v) is 7.25. The van der Waals surface area contributed by atoms with Crippen molar-refractivity contribution in [2.45, 2.75) is 26.3 Å². The maximum atomic E-state index is 12.0. The molecular weight excluding hydrogens is 266 g/mol. The molecule has 1 N–H and O–H groups in total. The number of rotatable bonds is 3. The van der Waals surface area contributed by atoms with Gasteiger partial charge in [0.1, 0.15) is 11.4 Å². The Bertz CT molecular complexity index is 663. The second-order valence-electron chi connectivity index (χ2n) is 5.22. The molecule has 0 spiro atoms. The van der Waals surface area contributed by atoms with Crippen LogP contribution in [-0.2, 0) is 4.74 Å². The molecule has 5 heteroatoms. The number of fused-ring (bicyclic) bond motifs is 1. The number of esters is 1. The van der Waals surface area contributed by atoms with E-state index in [1.165, 1.54) is 11.1 Å². The van der Waals surface area contributed by atoms with E-state index in [1.807, 2.05) is 4.68 Å². The maximum absolute atomic E-state index is 12.0. The van der Waals surface area contributed by atoms with E-state index in [2.05, 4.69) is 41.6 Å². The molecule has 110 valence electrons. The number of benzene rings is 1. The van der Waals surface area contributed by atoms with Crippen LogP contribution in [0.3, 0.4) is 0 Å². The predicted molar refractivity (Wildman–Crippen MR) is 80.6 cm³/mol. The quantitative estimate of drug-likeness (QED) is 0.881. The average Bonchev–Trinajstić information content (AvgIpc) is 2.91. The number of nitrogens with zero attached hydrogens (tertiary/aromatic N) is 2. The topological polar surface area (TPSA) is 56.1 Å². The minimum atomic E-state index is -0.323. The molecule has 2 heterocycles. The van der Waals surface area contributed by atoms with Crippen molar-refractivity contribution in [3.63, 3.8) is 0 Å². The third kappa shape index (κ3) is 2.51. The summed E-state index contributed by atoms with van der Waals surface area (Å²) in [4.78, 5) is 12.0. The van der Waals surface area contributed by atoms with Gasteiger partial charge in [-0.1, -0.05) is 29.8 Å². The van der Waals surface area contributed by atoms with Gasteiger partial charge in [0.2, 0.25) is 0 Å². The van der Waals surface area contributed by atoms with Crippen molar-refractivity contribution < 1.29 is 9.53 Å². The largest absolute Gasteiger partial charge is 0.462 e. The van der Waals surface area contributed by atoms with Crippen LogP contribution in [0.15, 0.2) is 30.5 Å². The van der Waals surface area contributed by atoms with Crippen LogP contribution < -0.4 is 5.32 Å². The minimum absolute atomic E-state index is 0.157. The van der Waals surface area contributed by atoms with E-state index in [1.54, 1.807) is 13.1 Å². The molecule has 1 aromatic heterocycles. The van der Waals surface area contributed by atoms with Crippen LogP contribution in [0.25, 0.3) is 0 Å². The van der Waals surface area contributed by atoms with Gasteiger partial charge in [0.25, 0.3) is 0 Å². The van der Waals surface area contributed by atoms with Crippen molar-refractivity contribution in [2.75, 3.05) is 18.5 Å². The van der Waals surface area contributed by atoms with Gasteiger partial charge in [0.05, 0.1) is 18.8 Å². The Morgan fingerprint density at radius 2 is 2.38 bits per heavy atom. The number of hydrogen-bond donors (Lipinski definition) is 1. The maximum Gasteiger partial charge on any atom is 0.343 e. The lowest BCUT2D eigenvalue weighted by Gasteiger charge is -2.26. The summed E-state index contributed by atoms with van der Waals surface area (Å²) in [6.45, 7) is 5.07. The number of aromatic nitrogens is 2. The zero-order chi connectivity index (χ0) is 14.8. The first-order valence-electron chi connectivity index (χ1n) is 7.25. The van der Waals surface area contributed by atoms with Crippen LogP contribution in [-0.4, -0.2) is 28.9 Å². The summed E-state index contributed by atoms with van der Waals surface area (Å²) in [5.74, 6) is 0.433. The monoisotopic (exact) mass is 285 g/mol. The fraction of sp³-hybridized carbons (Fsp3) is 0.375. The van der Waals surface area contributed by atoms with Gasteiger partial charge < -0.3 is 10.1 Å². The third-order valence-corrected chi connectivity index (χ3v) is 3.72. The van der Waals surface area contributed by atoms with E-state index in [0.29, 0.717) is 12.2 Å². The van der Waals surface area contributed by atoms with E-state index in [9.17, 15) is 4.79 Å². The number of ether oxygens (including phenoxy) is 1. The van der Waals surface area contributed by atoms with Gasteiger partial charge in [-0.2, -0.15) is 5.10 Å². The highest BCUT2D eigenvalue weighted by molar-refractivity contribution is 5.94. The fourth-order valence-electron chi connectivity index (χ4n) is 2.77. The smallest absolute Gasteiger partial charge is 0.343 e. The molecule has 1 aliphatic rings. The van der Waals surface area contributed by atoms with Crippen molar-refractivity contribution in [2.24, 2.45) is 0 Å². The molecule has 1 unspecified atom stereocenters. The molecule has 2 aromatic rings. The summed E-state index contributed by atoms with van der Waals surface area (Å²) in [5, 5.41) is 7.67. The summed E-state index contributed by atoms with van der Waals surface area (Å²) >= 11 is 0. The molecule has 21 heavy (non-hydrogen) atoms. The van der Waals surface area contributed by atoms with E-state index in [4.69, 9.17) is 4.74 Å². The van der Waals surface area contributed by atoms with E-state index in [-0.39, 0.29) is 12.0 Å². The van der Waals surface area contributed by atoms with E-state index >= 15 is 0 Å². The molecule has 0 radical (unpaired) electrons. The number of anilines is 1. The first kappa shape index (κ1) is 13.7. The highest BCUT2D eigenvalue weighted by Gasteiger charge is 2.27. The summed E-state index contributed by atoms with van der Waals surface area (Å²) in [5.41, 5.74) is 2.95. The van der Waals surface area contributed by atoms with Crippen molar-refractivity contribution in [3.05, 3.63) is 47.2 Å². The fourth-order valence-corrected chi connectivity index (χ4v) is 2.77. The summed E-state index contributed by atoms with van der Waals surface area (Å²) in [6, 6.07) is 8.58. The van der Waals surface area contributed by atoms with Crippen LogP contribution in [0.5, 0.6) is 0 Å². The van der Waals surface area contributed by atoms with Gasteiger partial charge in [-0.25, -0.2) is 9.48 Å². The van der Waals surface area contributed by atoms with Crippen LogP contribution >= 0.6 is 0 Å². The summed E-state index contributed by atoms with van der Waals surface area (Å²) < 4.78 is 6.97. The molecule has 1 atom stereocenters. The Balaban J connectivity index is 1.98. The lowest BCUT2D eigenvalue weighted by atomic mass is 10.0. The number of carbonyl (C=O) groups excluding carboxylic acids is 1. The Hall–Kier alpha value is -2.30. The molecule has 0 aliphatic carbocycles. The van der Waals surface area contributed by atoms with Gasteiger partial charge in [-0.3, -0.25) is 0 Å². The molecule has 1 aliphatic heterocycles. The van der Waals surface area contributed by atoms with Crippen molar-refractivity contribution in [1.82, 2.24) is 9.78 Å². The number of hydrogen-bond acceptors (Lipinski definition) is 4. The minimum Gasteiger partial charge on any atom is -0.462 e. The molecule has 5 nitrogen and oxygen atoms in total. The van der Waals surface area contributed by atoms with Crippen LogP contribution in [0.1, 0.15) is 40.9 Å². The van der Waals surface area contributed by atoms with Crippen LogP contribution in [0, 0.1) is 6.92 Å². The highest BCUT2D eigenvalue weighted by atomic mass is 16.5. The Morgan fingerprint density at radius 3 is 3.14 bits per heavy atom. The Labute approximate surface area is 123 Å². The molecule has 0 fully saturated rings. The molecule has 0 amide bonds. The number of aryl methyl sites for hydroxylation is 1.